The van der Waals surface area contributed by atoms with E-state index >= 15 is 0 Å². The lowest BCUT2D eigenvalue weighted by Crippen LogP contribution is -2.07. The molecule has 0 aliphatic carbocycles. The Morgan fingerprint density at radius 1 is 1.44 bits per heavy atom. The second-order valence-electron chi connectivity index (χ2n) is 3.39. The van der Waals surface area contributed by atoms with Gasteiger partial charge >= 0.3 is 5.97 Å². The summed E-state index contributed by atoms with van der Waals surface area (Å²) in [4.78, 5) is 11.9. The lowest BCUT2D eigenvalue weighted by molar-refractivity contribution is 0.0533. The SMILES string of the molecule is CCOC(=O)c1sc(SCC)c(S(C)(=O)=O)c1N. The molecule has 0 saturated carbocycles. The molecule has 0 atom stereocenters. The van der Waals surface area contributed by atoms with Crippen molar-refractivity contribution in [2.75, 3.05) is 24.3 Å². The normalized spacial score (nSPS) is 11.5. The number of nitrogen functional groups attached to an aromatic ring is 1. The van der Waals surface area contributed by atoms with E-state index in [9.17, 15) is 13.2 Å². The third kappa shape index (κ3) is 3.18. The molecule has 0 bridgehead atoms. The minimum Gasteiger partial charge on any atom is -0.462 e. The first-order valence-electron chi connectivity index (χ1n) is 5.25. The highest BCUT2D eigenvalue weighted by Gasteiger charge is 2.27. The summed E-state index contributed by atoms with van der Waals surface area (Å²) >= 11 is 2.42. The molecule has 0 spiro atoms. The number of carbonyl (C=O) groups excluding carboxylic acids is 1. The smallest absolute Gasteiger partial charge is 0.350 e. The molecule has 1 rings (SSSR count). The number of anilines is 1. The molecule has 0 aliphatic heterocycles. The summed E-state index contributed by atoms with van der Waals surface area (Å²) in [5.41, 5.74) is 5.77. The van der Waals surface area contributed by atoms with Crippen molar-refractivity contribution < 1.29 is 17.9 Å². The third-order valence-corrected chi connectivity index (χ3v) is 5.74. The maximum Gasteiger partial charge on any atom is 0.350 e. The van der Waals surface area contributed by atoms with Crippen molar-refractivity contribution in [3.63, 3.8) is 0 Å². The highest BCUT2D eigenvalue weighted by Crippen LogP contribution is 2.41. The molecule has 1 aromatic rings. The van der Waals surface area contributed by atoms with Crippen molar-refractivity contribution in [2.24, 2.45) is 0 Å². The van der Waals surface area contributed by atoms with Crippen LogP contribution in [0.2, 0.25) is 0 Å². The average molecular weight is 309 g/mol. The summed E-state index contributed by atoms with van der Waals surface area (Å²) in [7, 11) is -3.46. The van der Waals surface area contributed by atoms with Gasteiger partial charge < -0.3 is 10.5 Å². The number of thiophene rings is 1. The third-order valence-electron chi connectivity index (χ3n) is 1.98. The van der Waals surface area contributed by atoms with Gasteiger partial charge in [0, 0.05) is 6.26 Å². The lowest BCUT2D eigenvalue weighted by Gasteiger charge is -2.01. The lowest BCUT2D eigenvalue weighted by atomic mass is 10.4. The fraction of sp³-hybridized carbons (Fsp3) is 0.500. The summed E-state index contributed by atoms with van der Waals surface area (Å²) in [6.45, 7) is 3.80. The molecule has 1 aromatic heterocycles. The zero-order valence-corrected chi connectivity index (χ0v) is 12.8. The van der Waals surface area contributed by atoms with Gasteiger partial charge in [0.05, 0.1) is 16.5 Å². The van der Waals surface area contributed by atoms with Crippen LogP contribution in [-0.2, 0) is 14.6 Å². The van der Waals surface area contributed by atoms with Crippen LogP contribution in [0.5, 0.6) is 0 Å². The van der Waals surface area contributed by atoms with E-state index in [0.29, 0.717) is 9.96 Å². The van der Waals surface area contributed by atoms with Crippen LogP contribution in [0, 0.1) is 0 Å². The molecule has 0 amide bonds. The minimum absolute atomic E-state index is 0.00287. The molecule has 102 valence electrons. The molecule has 0 saturated heterocycles. The number of hydrogen-bond acceptors (Lipinski definition) is 7. The van der Waals surface area contributed by atoms with Crippen LogP contribution < -0.4 is 5.73 Å². The molecule has 0 aromatic carbocycles. The molecule has 0 aliphatic rings. The standard InChI is InChI=1S/C10H15NO4S3/c1-4-15-9(12)7-6(11)8(18(3,13)14)10(17-7)16-5-2/h4-5,11H2,1-3H3. The van der Waals surface area contributed by atoms with Gasteiger partial charge in [-0.05, 0) is 12.7 Å². The maximum atomic E-state index is 11.7. The van der Waals surface area contributed by atoms with Gasteiger partial charge in [-0.3, -0.25) is 0 Å². The van der Waals surface area contributed by atoms with Gasteiger partial charge in [-0.2, -0.15) is 0 Å². The zero-order valence-electron chi connectivity index (χ0n) is 10.3. The summed E-state index contributed by atoms with van der Waals surface area (Å²) in [5, 5.41) is 0. The quantitative estimate of drug-likeness (QED) is 0.661. The van der Waals surface area contributed by atoms with E-state index in [4.69, 9.17) is 10.5 Å². The number of ether oxygens (including phenoxy) is 1. The minimum atomic E-state index is -3.46. The summed E-state index contributed by atoms with van der Waals surface area (Å²) in [5.74, 6) is 0.123. The Balaban J connectivity index is 3.37. The first-order chi connectivity index (χ1) is 8.32. The second-order valence-corrected chi connectivity index (χ2v) is 7.89. The summed E-state index contributed by atoms with van der Waals surface area (Å²) in [6, 6.07) is 0. The fourth-order valence-corrected chi connectivity index (χ4v) is 5.50. The molecule has 0 unspecified atom stereocenters. The fourth-order valence-electron chi connectivity index (χ4n) is 1.33. The second kappa shape index (κ2) is 5.94. The number of sulfone groups is 1. The highest BCUT2D eigenvalue weighted by molar-refractivity contribution is 8.02. The van der Waals surface area contributed by atoms with Crippen molar-refractivity contribution in [3.8, 4) is 0 Å². The average Bonchev–Trinajstić information content (AvgIpc) is 2.56. The van der Waals surface area contributed by atoms with Crippen molar-refractivity contribution in [3.05, 3.63) is 4.88 Å². The Hall–Kier alpha value is -0.730. The van der Waals surface area contributed by atoms with E-state index in [0.717, 1.165) is 17.6 Å². The number of nitrogens with two attached hydrogens (primary N) is 1. The van der Waals surface area contributed by atoms with E-state index in [1.807, 2.05) is 6.92 Å². The molecule has 2 N–H and O–H groups in total. The van der Waals surface area contributed by atoms with E-state index in [2.05, 4.69) is 0 Å². The molecular weight excluding hydrogens is 294 g/mol. The number of rotatable bonds is 5. The maximum absolute atomic E-state index is 11.7. The number of hydrogen-bond donors (Lipinski definition) is 1. The first kappa shape index (κ1) is 15.3. The molecular formula is C10H15NO4S3. The largest absolute Gasteiger partial charge is 0.462 e. The van der Waals surface area contributed by atoms with Crippen molar-refractivity contribution in [1.29, 1.82) is 0 Å². The van der Waals surface area contributed by atoms with Gasteiger partial charge in [-0.1, -0.05) is 6.92 Å². The van der Waals surface area contributed by atoms with Crippen LogP contribution in [0.3, 0.4) is 0 Å². The van der Waals surface area contributed by atoms with Crippen molar-refractivity contribution in [2.45, 2.75) is 23.0 Å². The van der Waals surface area contributed by atoms with Crippen LogP contribution in [0.25, 0.3) is 0 Å². The monoisotopic (exact) mass is 309 g/mol. The van der Waals surface area contributed by atoms with E-state index in [-0.39, 0.29) is 22.1 Å². The van der Waals surface area contributed by atoms with Crippen LogP contribution >= 0.6 is 23.1 Å². The Morgan fingerprint density at radius 3 is 2.50 bits per heavy atom. The Bertz CT molecular complexity index is 548. The predicted molar refractivity (Wildman–Crippen MR) is 74.2 cm³/mol. The zero-order chi connectivity index (χ0) is 13.9. The van der Waals surface area contributed by atoms with Gasteiger partial charge in [0.1, 0.15) is 9.77 Å². The number of esters is 1. The van der Waals surface area contributed by atoms with Crippen LogP contribution in [0.15, 0.2) is 9.10 Å². The molecule has 8 heteroatoms. The molecule has 1 heterocycles. The molecule has 18 heavy (non-hydrogen) atoms. The van der Waals surface area contributed by atoms with Crippen molar-refractivity contribution in [1.82, 2.24) is 0 Å². The van der Waals surface area contributed by atoms with Gasteiger partial charge in [-0.15, -0.1) is 23.1 Å². The molecule has 0 radical (unpaired) electrons. The van der Waals surface area contributed by atoms with E-state index in [1.165, 1.54) is 11.8 Å². The predicted octanol–water partition coefficient (Wildman–Crippen LogP) is 2.02. The Labute approximate surface area is 115 Å². The van der Waals surface area contributed by atoms with Gasteiger partial charge in [0.2, 0.25) is 0 Å². The van der Waals surface area contributed by atoms with Crippen LogP contribution in [0.1, 0.15) is 23.5 Å². The highest BCUT2D eigenvalue weighted by atomic mass is 32.2. The topological polar surface area (TPSA) is 86.5 Å². The Kier molecular flexibility index (Phi) is 5.06. The summed E-state index contributed by atoms with van der Waals surface area (Å²) in [6.07, 6.45) is 1.08. The van der Waals surface area contributed by atoms with Gasteiger partial charge in [0.25, 0.3) is 0 Å². The van der Waals surface area contributed by atoms with E-state index in [1.54, 1.807) is 6.92 Å². The molecule has 0 fully saturated rings. The van der Waals surface area contributed by atoms with Gasteiger partial charge in [-0.25, -0.2) is 13.2 Å². The van der Waals surface area contributed by atoms with Crippen molar-refractivity contribution >= 4 is 44.6 Å². The number of thioether (sulfide) groups is 1. The van der Waals surface area contributed by atoms with E-state index < -0.39 is 15.8 Å². The summed E-state index contributed by atoms with van der Waals surface area (Å²) < 4.78 is 28.8. The van der Waals surface area contributed by atoms with Crippen LogP contribution in [-0.4, -0.2) is 33.0 Å². The number of carbonyl (C=O) groups is 1. The van der Waals surface area contributed by atoms with Crippen LogP contribution in [0.4, 0.5) is 5.69 Å². The molecule has 5 nitrogen and oxygen atoms in total. The van der Waals surface area contributed by atoms with Gasteiger partial charge in [0.15, 0.2) is 9.84 Å². The Morgan fingerprint density at radius 2 is 2.06 bits per heavy atom. The first-order valence-corrected chi connectivity index (χ1v) is 8.94.